The summed E-state index contributed by atoms with van der Waals surface area (Å²) in [6.45, 7) is 1.41. The van der Waals surface area contributed by atoms with Crippen molar-refractivity contribution >= 4 is 45.9 Å². The zero-order valence-corrected chi connectivity index (χ0v) is 16.7. The summed E-state index contributed by atoms with van der Waals surface area (Å²) < 4.78 is 11.0. The lowest BCUT2D eigenvalue weighted by atomic mass is 10.1. The Morgan fingerprint density at radius 3 is 2.66 bits per heavy atom. The quantitative estimate of drug-likeness (QED) is 0.362. The molecule has 9 heteroatoms. The molecule has 0 saturated carbocycles. The van der Waals surface area contributed by atoms with Gasteiger partial charge < -0.3 is 14.2 Å². The minimum Gasteiger partial charge on any atom is -0.423 e. The molecule has 146 valence electrons. The highest BCUT2D eigenvalue weighted by atomic mass is 35.5. The second-order valence-corrected chi connectivity index (χ2v) is 7.51. The smallest absolute Gasteiger partial charge is 0.336 e. The van der Waals surface area contributed by atoms with Crippen molar-refractivity contribution in [2.75, 3.05) is 5.32 Å². The molecular weight excluding hydrogens is 414 g/mol. The van der Waals surface area contributed by atoms with Crippen LogP contribution in [0, 0.1) is 0 Å². The highest BCUT2D eigenvalue weighted by Crippen LogP contribution is 2.29. The van der Waals surface area contributed by atoms with E-state index in [1.54, 1.807) is 42.5 Å². The van der Waals surface area contributed by atoms with Crippen LogP contribution in [0.1, 0.15) is 12.5 Å². The van der Waals surface area contributed by atoms with Crippen molar-refractivity contribution in [3.63, 3.8) is 0 Å². The van der Waals surface area contributed by atoms with Gasteiger partial charge >= 0.3 is 5.63 Å². The van der Waals surface area contributed by atoms with E-state index in [1.807, 2.05) is 0 Å². The molecule has 29 heavy (non-hydrogen) atoms. The molecule has 7 nitrogen and oxygen atoms in total. The number of carbonyl (C=O) groups is 1. The molecule has 1 N–H and O–H groups in total. The van der Waals surface area contributed by atoms with Gasteiger partial charge in [0.15, 0.2) is 0 Å². The lowest BCUT2D eigenvalue weighted by molar-refractivity contribution is -0.114. The Morgan fingerprint density at radius 2 is 1.90 bits per heavy atom. The molecule has 0 spiro atoms. The summed E-state index contributed by atoms with van der Waals surface area (Å²) in [4.78, 5) is 23.2. The number of rotatable bonds is 5. The molecule has 0 atom stereocenters. The molecule has 2 aromatic carbocycles. The molecular formula is C20H14ClN3O4S. The van der Waals surface area contributed by atoms with Crippen molar-refractivity contribution in [1.29, 1.82) is 0 Å². The van der Waals surface area contributed by atoms with Crippen LogP contribution in [0.5, 0.6) is 0 Å². The lowest BCUT2D eigenvalue weighted by Crippen LogP contribution is -2.06. The first-order valence-electron chi connectivity index (χ1n) is 8.54. The van der Waals surface area contributed by atoms with Gasteiger partial charge in [-0.05, 0) is 42.0 Å². The number of halogens is 1. The maximum absolute atomic E-state index is 11.9. The van der Waals surface area contributed by atoms with Crippen molar-refractivity contribution in [2.45, 2.75) is 17.9 Å². The molecule has 0 aliphatic carbocycles. The van der Waals surface area contributed by atoms with Gasteiger partial charge in [0, 0.05) is 46.5 Å². The van der Waals surface area contributed by atoms with Gasteiger partial charge in [-0.1, -0.05) is 23.4 Å². The Kier molecular flexibility index (Phi) is 5.37. The predicted octanol–water partition coefficient (Wildman–Crippen LogP) is 4.75. The number of hydrogen-bond donors (Lipinski definition) is 1. The third-order valence-corrected chi connectivity index (χ3v) is 5.12. The summed E-state index contributed by atoms with van der Waals surface area (Å²) in [5.41, 5.74) is 2.02. The second-order valence-electron chi connectivity index (χ2n) is 6.15. The predicted molar refractivity (Wildman–Crippen MR) is 111 cm³/mol. The van der Waals surface area contributed by atoms with Gasteiger partial charge in [0.05, 0.1) is 0 Å². The highest BCUT2D eigenvalue weighted by Gasteiger charge is 2.12. The Morgan fingerprint density at radius 1 is 1.10 bits per heavy atom. The number of benzene rings is 2. The van der Waals surface area contributed by atoms with Gasteiger partial charge in [0.25, 0.3) is 5.22 Å². The van der Waals surface area contributed by atoms with Crippen LogP contribution in [0.25, 0.3) is 22.4 Å². The fraction of sp³-hybridized carbons (Fsp3) is 0.100. The van der Waals surface area contributed by atoms with Crippen LogP contribution in [0.4, 0.5) is 5.69 Å². The maximum atomic E-state index is 11.9. The van der Waals surface area contributed by atoms with Crippen molar-refractivity contribution in [3.8, 4) is 11.5 Å². The summed E-state index contributed by atoms with van der Waals surface area (Å²) in [6, 6.07) is 13.7. The molecule has 1 amide bonds. The fourth-order valence-electron chi connectivity index (χ4n) is 2.75. The number of fused-ring (bicyclic) bond motifs is 1. The van der Waals surface area contributed by atoms with E-state index in [4.69, 9.17) is 20.4 Å². The van der Waals surface area contributed by atoms with Gasteiger partial charge in [0.2, 0.25) is 11.8 Å². The Bertz CT molecular complexity index is 1250. The first-order chi connectivity index (χ1) is 14.0. The number of thioether (sulfide) groups is 1. The molecule has 0 saturated heterocycles. The second kappa shape index (κ2) is 8.10. The Hall–Kier alpha value is -3.10. The van der Waals surface area contributed by atoms with Crippen LogP contribution >= 0.6 is 23.4 Å². The Balaban J connectivity index is 1.56. The Labute approximate surface area is 174 Å². The molecule has 4 aromatic rings. The minimum atomic E-state index is -0.472. The normalized spacial score (nSPS) is 11.0. The molecule has 0 unspecified atom stereocenters. The van der Waals surface area contributed by atoms with E-state index in [9.17, 15) is 9.59 Å². The molecule has 0 fully saturated rings. The van der Waals surface area contributed by atoms with Gasteiger partial charge in [0.1, 0.15) is 5.58 Å². The van der Waals surface area contributed by atoms with Crippen LogP contribution in [-0.2, 0) is 10.5 Å². The van der Waals surface area contributed by atoms with E-state index in [2.05, 4.69) is 15.5 Å². The zero-order chi connectivity index (χ0) is 20.4. The van der Waals surface area contributed by atoms with E-state index in [-0.39, 0.29) is 5.91 Å². The van der Waals surface area contributed by atoms with Crippen molar-refractivity contribution < 1.29 is 13.6 Å². The first kappa shape index (κ1) is 19.2. The molecule has 0 aliphatic heterocycles. The van der Waals surface area contributed by atoms with Crippen LogP contribution < -0.4 is 10.9 Å². The number of amides is 1. The SMILES string of the molecule is CC(=O)Nc1ccc2c(CSc3nnc(-c4ccc(Cl)cc4)o3)cc(=O)oc2c1. The third kappa shape index (κ3) is 4.49. The number of nitrogens with one attached hydrogen (secondary N) is 1. The van der Waals surface area contributed by atoms with Gasteiger partial charge in [-0.15, -0.1) is 10.2 Å². The highest BCUT2D eigenvalue weighted by molar-refractivity contribution is 7.98. The monoisotopic (exact) mass is 427 g/mol. The summed E-state index contributed by atoms with van der Waals surface area (Å²) in [5.74, 6) is 0.622. The average Bonchev–Trinajstić information content (AvgIpc) is 3.15. The van der Waals surface area contributed by atoms with Crippen LogP contribution in [0.15, 0.2) is 67.4 Å². The third-order valence-electron chi connectivity index (χ3n) is 4.00. The molecule has 0 radical (unpaired) electrons. The first-order valence-corrected chi connectivity index (χ1v) is 9.91. The average molecular weight is 428 g/mol. The summed E-state index contributed by atoms with van der Waals surface area (Å²) >= 11 is 7.21. The lowest BCUT2D eigenvalue weighted by Gasteiger charge is -2.06. The van der Waals surface area contributed by atoms with Crippen LogP contribution in [-0.4, -0.2) is 16.1 Å². The fourth-order valence-corrected chi connectivity index (χ4v) is 3.63. The number of hydrogen-bond acceptors (Lipinski definition) is 7. The maximum Gasteiger partial charge on any atom is 0.336 e. The van der Waals surface area contributed by atoms with Crippen molar-refractivity contribution in [1.82, 2.24) is 10.2 Å². The standard InChI is InChI=1S/C20H14ClN3O4S/c1-11(25)22-15-6-7-16-13(8-18(26)27-17(16)9-15)10-29-20-24-23-19(28-20)12-2-4-14(21)5-3-12/h2-9H,10H2,1H3,(H,22,25). The van der Waals surface area contributed by atoms with Crippen LogP contribution in [0.2, 0.25) is 5.02 Å². The summed E-state index contributed by atoms with van der Waals surface area (Å²) in [5, 5.41) is 12.5. The molecule has 2 aromatic heterocycles. The van der Waals surface area contributed by atoms with E-state index in [0.717, 1.165) is 16.5 Å². The molecule has 0 aliphatic rings. The largest absolute Gasteiger partial charge is 0.423 e. The van der Waals surface area contributed by atoms with Crippen molar-refractivity contribution in [2.24, 2.45) is 0 Å². The zero-order valence-electron chi connectivity index (χ0n) is 15.1. The van der Waals surface area contributed by atoms with Gasteiger partial charge in [-0.25, -0.2) is 4.79 Å². The van der Waals surface area contributed by atoms with E-state index < -0.39 is 5.63 Å². The number of aromatic nitrogens is 2. The van der Waals surface area contributed by atoms with Crippen LogP contribution in [0.3, 0.4) is 0 Å². The number of carbonyl (C=O) groups excluding carboxylic acids is 1. The van der Waals surface area contributed by atoms with E-state index in [0.29, 0.717) is 33.2 Å². The van der Waals surface area contributed by atoms with E-state index in [1.165, 1.54) is 24.8 Å². The minimum absolute atomic E-state index is 0.203. The van der Waals surface area contributed by atoms with Gasteiger partial charge in [-0.2, -0.15) is 0 Å². The van der Waals surface area contributed by atoms with Gasteiger partial charge in [-0.3, -0.25) is 4.79 Å². The number of nitrogens with zero attached hydrogens (tertiary/aromatic N) is 2. The molecule has 0 bridgehead atoms. The topological polar surface area (TPSA) is 98.2 Å². The van der Waals surface area contributed by atoms with E-state index >= 15 is 0 Å². The summed E-state index contributed by atoms with van der Waals surface area (Å²) in [6.07, 6.45) is 0. The molecule has 2 heterocycles. The number of anilines is 1. The van der Waals surface area contributed by atoms with Crippen molar-refractivity contribution in [3.05, 3.63) is 69.5 Å². The summed E-state index contributed by atoms with van der Waals surface area (Å²) in [7, 11) is 0. The molecule has 4 rings (SSSR count).